The lowest BCUT2D eigenvalue weighted by atomic mass is 9.98. The molecule has 29 heavy (non-hydrogen) atoms. The van der Waals surface area contributed by atoms with E-state index in [1.165, 1.54) is 6.07 Å². The Morgan fingerprint density at radius 2 is 1.90 bits per heavy atom. The molecule has 6 nitrogen and oxygen atoms in total. The van der Waals surface area contributed by atoms with E-state index < -0.39 is 15.8 Å². The van der Waals surface area contributed by atoms with Gasteiger partial charge < -0.3 is 9.67 Å². The third-order valence-electron chi connectivity index (χ3n) is 4.99. The number of sulfone groups is 1. The summed E-state index contributed by atoms with van der Waals surface area (Å²) < 4.78 is 25.9. The van der Waals surface area contributed by atoms with Crippen molar-refractivity contribution in [3.8, 4) is 11.1 Å². The summed E-state index contributed by atoms with van der Waals surface area (Å²) in [5.41, 5.74) is 3.71. The molecule has 0 spiro atoms. The van der Waals surface area contributed by atoms with E-state index in [-0.39, 0.29) is 11.4 Å². The smallest absolute Gasteiger partial charge is 0.323 e. The van der Waals surface area contributed by atoms with Gasteiger partial charge in [0, 0.05) is 45.0 Å². The molecule has 1 N–H and O–H groups in total. The van der Waals surface area contributed by atoms with E-state index in [0.717, 1.165) is 28.5 Å². The molecule has 0 saturated heterocycles. The summed E-state index contributed by atoms with van der Waals surface area (Å²) in [5, 5.41) is 11.5. The van der Waals surface area contributed by atoms with Crippen molar-refractivity contribution in [1.29, 1.82) is 0 Å². The van der Waals surface area contributed by atoms with E-state index in [4.69, 9.17) is 11.6 Å². The number of rotatable bonds is 4. The van der Waals surface area contributed by atoms with Crippen LogP contribution in [-0.2, 0) is 21.2 Å². The average Bonchev–Trinajstić information content (AvgIpc) is 2.91. The van der Waals surface area contributed by atoms with Gasteiger partial charge in [-0.05, 0) is 48.9 Å². The lowest BCUT2D eigenvalue weighted by Gasteiger charge is -2.09. The monoisotopic (exact) mass is 428 g/mol. The van der Waals surface area contributed by atoms with Crippen molar-refractivity contribution in [1.82, 2.24) is 9.55 Å². The number of carbonyl (C=O) groups is 1. The summed E-state index contributed by atoms with van der Waals surface area (Å²) in [6.45, 7) is 1.61. The first-order valence-corrected chi connectivity index (χ1v) is 11.0. The number of hydrogen-bond donors (Lipinski definition) is 1. The predicted molar refractivity (Wildman–Crippen MR) is 113 cm³/mol. The van der Waals surface area contributed by atoms with Crippen LogP contribution in [0.1, 0.15) is 5.69 Å². The highest BCUT2D eigenvalue weighted by Crippen LogP contribution is 2.39. The van der Waals surface area contributed by atoms with Crippen LogP contribution in [0.3, 0.4) is 0 Å². The van der Waals surface area contributed by atoms with E-state index in [1.54, 1.807) is 35.0 Å². The second-order valence-corrected chi connectivity index (χ2v) is 9.36. The van der Waals surface area contributed by atoms with Gasteiger partial charge in [-0.1, -0.05) is 17.7 Å². The van der Waals surface area contributed by atoms with Gasteiger partial charge in [-0.2, -0.15) is 0 Å². The minimum Gasteiger partial charge on any atom is -0.480 e. The standard InChI is InChI=1S/C21H17ClN2O4S/c1-12-21(16-7-8-23-18-9-13(22)3-5-15(16)18)17-10-14(29(2,27)28)4-6-19(17)24(12)11-20(25)26/h3-10H,11H2,1-2H3,(H,25,26). The van der Waals surface area contributed by atoms with Crippen molar-refractivity contribution in [3.05, 3.63) is 59.4 Å². The minimum absolute atomic E-state index is 0.181. The Balaban J connectivity index is 2.13. The molecule has 4 aromatic rings. The number of aliphatic carboxylic acids is 1. The van der Waals surface area contributed by atoms with E-state index in [0.29, 0.717) is 21.4 Å². The first kappa shape index (κ1) is 19.4. The molecule has 2 aromatic heterocycles. The normalized spacial score (nSPS) is 12.0. The fourth-order valence-electron chi connectivity index (χ4n) is 3.71. The molecule has 0 saturated carbocycles. The van der Waals surface area contributed by atoms with Crippen molar-refractivity contribution in [2.24, 2.45) is 0 Å². The number of aromatic nitrogens is 2. The van der Waals surface area contributed by atoms with Crippen LogP contribution >= 0.6 is 11.6 Å². The quantitative estimate of drug-likeness (QED) is 0.523. The molecule has 0 aliphatic carbocycles. The van der Waals surface area contributed by atoms with Gasteiger partial charge in [-0.3, -0.25) is 9.78 Å². The van der Waals surface area contributed by atoms with Gasteiger partial charge in [0.15, 0.2) is 9.84 Å². The van der Waals surface area contributed by atoms with Gasteiger partial charge in [0.1, 0.15) is 6.54 Å². The average molecular weight is 429 g/mol. The number of carboxylic acid groups (broad SMARTS) is 1. The fourth-order valence-corrected chi connectivity index (χ4v) is 4.52. The summed E-state index contributed by atoms with van der Waals surface area (Å²) in [6, 6.07) is 12.0. The van der Waals surface area contributed by atoms with Crippen molar-refractivity contribution in [3.63, 3.8) is 0 Å². The highest BCUT2D eigenvalue weighted by Gasteiger charge is 2.21. The Morgan fingerprint density at radius 3 is 2.59 bits per heavy atom. The highest BCUT2D eigenvalue weighted by molar-refractivity contribution is 7.90. The maximum absolute atomic E-state index is 12.1. The third-order valence-corrected chi connectivity index (χ3v) is 6.34. The van der Waals surface area contributed by atoms with E-state index in [1.807, 2.05) is 19.1 Å². The highest BCUT2D eigenvalue weighted by atomic mass is 35.5. The number of benzene rings is 2. The van der Waals surface area contributed by atoms with Crippen LogP contribution in [0, 0.1) is 6.92 Å². The van der Waals surface area contributed by atoms with Gasteiger partial charge >= 0.3 is 5.97 Å². The number of fused-ring (bicyclic) bond motifs is 2. The summed E-state index contributed by atoms with van der Waals surface area (Å²) in [5.74, 6) is -0.977. The van der Waals surface area contributed by atoms with E-state index in [9.17, 15) is 18.3 Å². The minimum atomic E-state index is -3.42. The first-order valence-electron chi connectivity index (χ1n) is 8.76. The maximum Gasteiger partial charge on any atom is 0.323 e. The molecule has 0 fully saturated rings. The van der Waals surface area contributed by atoms with Gasteiger partial charge in [0.2, 0.25) is 0 Å². The summed E-state index contributed by atoms with van der Waals surface area (Å²) >= 11 is 6.10. The van der Waals surface area contributed by atoms with Crippen molar-refractivity contribution in [2.45, 2.75) is 18.4 Å². The van der Waals surface area contributed by atoms with Crippen LogP contribution in [0.2, 0.25) is 5.02 Å². The number of halogens is 1. The summed E-state index contributed by atoms with van der Waals surface area (Å²) in [7, 11) is -3.42. The number of carboxylic acids is 1. The van der Waals surface area contributed by atoms with E-state index >= 15 is 0 Å². The SMILES string of the molecule is Cc1c(-c2ccnc3cc(Cl)ccc23)c2cc(S(C)(=O)=O)ccc2n1CC(=O)O. The molecule has 2 aromatic carbocycles. The second kappa shape index (κ2) is 6.86. The zero-order valence-electron chi connectivity index (χ0n) is 15.7. The van der Waals surface area contributed by atoms with Crippen LogP contribution in [0.5, 0.6) is 0 Å². The van der Waals surface area contributed by atoms with Crippen LogP contribution in [0.4, 0.5) is 0 Å². The Bertz CT molecular complexity index is 1410. The van der Waals surface area contributed by atoms with Gasteiger partial charge in [0.05, 0.1) is 10.4 Å². The van der Waals surface area contributed by atoms with Gasteiger partial charge in [-0.15, -0.1) is 0 Å². The van der Waals surface area contributed by atoms with Crippen LogP contribution in [0.15, 0.2) is 53.6 Å². The molecule has 0 amide bonds. The number of pyridine rings is 1. The van der Waals surface area contributed by atoms with Gasteiger partial charge in [-0.25, -0.2) is 8.42 Å². The van der Waals surface area contributed by atoms with Crippen LogP contribution in [-0.4, -0.2) is 35.3 Å². The molecule has 0 bridgehead atoms. The Labute approximate surface area is 172 Å². The van der Waals surface area contributed by atoms with Crippen LogP contribution < -0.4 is 0 Å². The molecule has 4 rings (SSSR count). The largest absolute Gasteiger partial charge is 0.480 e. The summed E-state index contributed by atoms with van der Waals surface area (Å²) in [4.78, 5) is 16.0. The number of nitrogens with zero attached hydrogens (tertiary/aromatic N) is 2. The van der Waals surface area contributed by atoms with E-state index in [2.05, 4.69) is 4.98 Å². The predicted octanol–water partition coefficient (Wildman–Crippen LogP) is 4.31. The van der Waals surface area contributed by atoms with Crippen molar-refractivity contribution < 1.29 is 18.3 Å². The number of hydrogen-bond acceptors (Lipinski definition) is 4. The van der Waals surface area contributed by atoms with Crippen LogP contribution in [0.25, 0.3) is 32.9 Å². The Kier molecular flexibility index (Phi) is 4.59. The molecule has 0 atom stereocenters. The molecule has 0 radical (unpaired) electrons. The molecular formula is C21H17ClN2O4S. The molecule has 0 aliphatic rings. The first-order chi connectivity index (χ1) is 13.7. The summed E-state index contributed by atoms with van der Waals surface area (Å²) in [6.07, 6.45) is 2.81. The maximum atomic E-state index is 12.1. The zero-order valence-corrected chi connectivity index (χ0v) is 17.3. The lowest BCUT2D eigenvalue weighted by Crippen LogP contribution is -2.10. The second-order valence-electron chi connectivity index (χ2n) is 6.91. The molecular weight excluding hydrogens is 412 g/mol. The molecule has 0 aliphatic heterocycles. The molecule has 148 valence electrons. The molecule has 2 heterocycles. The van der Waals surface area contributed by atoms with Gasteiger partial charge in [0.25, 0.3) is 0 Å². The Hall–Kier alpha value is -2.90. The fraction of sp³-hybridized carbons (Fsp3) is 0.143. The zero-order chi connectivity index (χ0) is 20.9. The lowest BCUT2D eigenvalue weighted by molar-refractivity contribution is -0.137. The van der Waals surface area contributed by atoms with Crippen molar-refractivity contribution >= 4 is 49.2 Å². The topological polar surface area (TPSA) is 89.3 Å². The third kappa shape index (κ3) is 3.36. The molecule has 8 heteroatoms. The molecule has 0 unspecified atom stereocenters. The van der Waals surface area contributed by atoms with Crippen molar-refractivity contribution in [2.75, 3.05) is 6.26 Å². The Morgan fingerprint density at radius 1 is 1.14 bits per heavy atom.